The van der Waals surface area contributed by atoms with Gasteiger partial charge in [-0.2, -0.15) is 0 Å². The smallest absolute Gasteiger partial charge is 0.164 e. The summed E-state index contributed by atoms with van der Waals surface area (Å²) in [7, 11) is 0. The maximum absolute atomic E-state index is 5.68. The van der Waals surface area contributed by atoms with Crippen LogP contribution in [0.2, 0.25) is 0 Å². The molecule has 0 bridgehead atoms. The van der Waals surface area contributed by atoms with E-state index >= 15 is 0 Å². The Kier molecular flexibility index (Phi) is 9.51. The third kappa shape index (κ3) is 6.49. The predicted molar refractivity (Wildman–Crippen MR) is 278 cm³/mol. The van der Waals surface area contributed by atoms with Crippen LogP contribution in [0, 0.1) is 0 Å². The van der Waals surface area contributed by atoms with Crippen molar-refractivity contribution in [2.75, 3.05) is 0 Å². The van der Waals surface area contributed by atoms with Crippen molar-refractivity contribution in [1.82, 2.24) is 24.9 Å². The first kappa shape index (κ1) is 39.6. The van der Waals surface area contributed by atoms with Gasteiger partial charge in [0, 0.05) is 37.9 Å². The van der Waals surface area contributed by atoms with Crippen molar-refractivity contribution in [3.05, 3.63) is 259 Å². The van der Waals surface area contributed by atoms with Gasteiger partial charge in [0.15, 0.2) is 23.3 Å². The van der Waals surface area contributed by atoms with E-state index in [1.165, 1.54) is 22.3 Å². The lowest BCUT2D eigenvalue weighted by Crippen LogP contribution is -2.28. The Morgan fingerprint density at radius 3 is 1.41 bits per heavy atom. The summed E-state index contributed by atoms with van der Waals surface area (Å²) in [4.78, 5) is 27.2. The third-order valence-electron chi connectivity index (χ3n) is 13.3. The number of aromatic nitrogens is 5. The van der Waals surface area contributed by atoms with Gasteiger partial charge in [-0.1, -0.05) is 218 Å². The minimum absolute atomic E-state index is 0.539. The van der Waals surface area contributed by atoms with Crippen molar-refractivity contribution in [3.63, 3.8) is 0 Å². The molecule has 0 saturated heterocycles. The van der Waals surface area contributed by atoms with Gasteiger partial charge in [0.1, 0.15) is 0 Å². The molecule has 3 heterocycles. The van der Waals surface area contributed by atoms with Crippen molar-refractivity contribution in [2.45, 2.75) is 5.41 Å². The molecular weight excluding hydrogens is 847 g/mol. The van der Waals surface area contributed by atoms with E-state index in [4.69, 9.17) is 24.9 Å². The molecule has 0 fully saturated rings. The van der Waals surface area contributed by atoms with Crippen LogP contribution in [-0.4, -0.2) is 24.9 Å². The Morgan fingerprint density at radius 1 is 0.309 bits per heavy atom. The Hall–Kier alpha value is -8.71. The zero-order valence-corrected chi connectivity index (χ0v) is 37.5. The van der Waals surface area contributed by atoms with Gasteiger partial charge in [-0.15, -0.1) is 11.3 Å². The van der Waals surface area contributed by atoms with E-state index in [-0.39, 0.29) is 0 Å². The van der Waals surface area contributed by atoms with Crippen molar-refractivity contribution in [1.29, 1.82) is 0 Å². The van der Waals surface area contributed by atoms with E-state index in [1.54, 1.807) is 11.3 Å². The molecule has 6 heteroatoms. The highest BCUT2D eigenvalue weighted by Crippen LogP contribution is 2.58. The van der Waals surface area contributed by atoms with Gasteiger partial charge in [0.25, 0.3) is 0 Å². The molecule has 5 nitrogen and oxygen atoms in total. The third-order valence-corrected chi connectivity index (χ3v) is 14.4. The summed E-state index contributed by atoms with van der Waals surface area (Å²) in [5, 5.41) is 1.09. The molecule has 0 N–H and O–H groups in total. The second-order valence-electron chi connectivity index (χ2n) is 17.1. The number of nitrogens with zero attached hydrogens (tertiary/aromatic N) is 5. The molecule has 0 aliphatic heterocycles. The van der Waals surface area contributed by atoms with Gasteiger partial charge in [0.2, 0.25) is 0 Å². The number of hydrogen-bond donors (Lipinski definition) is 0. The normalized spacial score (nSPS) is 12.5. The molecule has 0 unspecified atom stereocenters. The lowest BCUT2D eigenvalue weighted by atomic mass is 9.67. The lowest BCUT2D eigenvalue weighted by molar-refractivity contribution is 0.768. The Balaban J connectivity index is 1.15. The van der Waals surface area contributed by atoms with Crippen molar-refractivity contribution in [2.24, 2.45) is 0 Å². The summed E-state index contributed by atoms with van der Waals surface area (Å²) in [5.41, 5.74) is 14.9. The van der Waals surface area contributed by atoms with Crippen LogP contribution in [0.5, 0.6) is 0 Å². The van der Waals surface area contributed by atoms with Gasteiger partial charge in [-0.3, -0.25) is 0 Å². The minimum Gasteiger partial charge on any atom is -0.226 e. The fourth-order valence-electron chi connectivity index (χ4n) is 10.1. The summed E-state index contributed by atoms with van der Waals surface area (Å²) in [6, 6.07) is 83.4. The summed E-state index contributed by atoms with van der Waals surface area (Å²) in [6.45, 7) is 0. The first-order valence-electron chi connectivity index (χ1n) is 22.8. The van der Waals surface area contributed by atoms with Crippen LogP contribution in [0.4, 0.5) is 0 Å². The SMILES string of the molecule is c1ccc(-c2ccc(-c3nc(-c4cc5c(cc4-c4nc(-c6ccccc6)nc(-c6ccccc6)n4)-c4ccccc4C5(c4ccccc4)c4ccccc4)nc4c3sc3ccccc34)cc2)cc1. The molecule has 1 aliphatic carbocycles. The Morgan fingerprint density at radius 2 is 0.779 bits per heavy atom. The molecule has 0 saturated carbocycles. The highest BCUT2D eigenvalue weighted by molar-refractivity contribution is 7.26. The molecule has 318 valence electrons. The minimum atomic E-state index is -0.666. The van der Waals surface area contributed by atoms with E-state index in [0.29, 0.717) is 23.3 Å². The summed E-state index contributed by atoms with van der Waals surface area (Å²) in [6.07, 6.45) is 0. The highest BCUT2D eigenvalue weighted by Gasteiger charge is 2.47. The highest BCUT2D eigenvalue weighted by atomic mass is 32.1. The molecular formula is C62H39N5S. The van der Waals surface area contributed by atoms with Crippen molar-refractivity contribution in [3.8, 4) is 79.1 Å². The zero-order valence-electron chi connectivity index (χ0n) is 36.7. The summed E-state index contributed by atoms with van der Waals surface area (Å²) in [5.74, 6) is 2.31. The zero-order chi connectivity index (χ0) is 45.0. The molecule has 0 radical (unpaired) electrons. The second kappa shape index (κ2) is 16.3. The van der Waals surface area contributed by atoms with Gasteiger partial charge in [-0.05, 0) is 62.7 Å². The first-order valence-corrected chi connectivity index (χ1v) is 23.6. The number of rotatable bonds is 8. The Bertz CT molecular complexity index is 3720. The molecule has 12 aromatic rings. The van der Waals surface area contributed by atoms with Crippen LogP contribution in [0.15, 0.2) is 237 Å². The van der Waals surface area contributed by atoms with Crippen molar-refractivity contribution >= 4 is 31.6 Å². The fourth-order valence-corrected chi connectivity index (χ4v) is 11.3. The van der Waals surface area contributed by atoms with E-state index in [2.05, 4.69) is 200 Å². The standard InChI is InChI=1S/C62H39N5S/c1-6-20-40(21-7-1)41-34-36-42(37-35-41)55-57-56(48-31-17-19-33-54(48)68-57)64-60(63-55)51-39-53-49(47-30-16-18-32-52(47)62(53,45-26-12-4-13-27-45)46-28-14-5-15-29-46)38-50(51)61-66-58(43-22-8-2-9-23-43)65-59(67-61)44-24-10-3-11-25-44/h1-39H. The quantitative estimate of drug-likeness (QED) is 0.152. The molecule has 0 spiro atoms. The lowest BCUT2D eigenvalue weighted by Gasteiger charge is -2.34. The van der Waals surface area contributed by atoms with Crippen LogP contribution in [0.1, 0.15) is 22.3 Å². The topological polar surface area (TPSA) is 64.5 Å². The molecule has 13 rings (SSSR count). The largest absolute Gasteiger partial charge is 0.226 e. The molecule has 0 atom stereocenters. The first-order chi connectivity index (χ1) is 33.7. The Labute approximate surface area is 397 Å². The van der Waals surface area contributed by atoms with Gasteiger partial charge >= 0.3 is 0 Å². The number of hydrogen-bond acceptors (Lipinski definition) is 6. The monoisotopic (exact) mass is 885 g/mol. The molecule has 3 aromatic heterocycles. The molecule has 1 aliphatic rings. The number of thiophene rings is 1. The number of fused-ring (bicyclic) bond motifs is 6. The maximum Gasteiger partial charge on any atom is 0.164 e. The summed E-state index contributed by atoms with van der Waals surface area (Å²) >= 11 is 1.74. The van der Waals surface area contributed by atoms with Crippen molar-refractivity contribution < 1.29 is 0 Å². The van der Waals surface area contributed by atoms with Crippen LogP contribution >= 0.6 is 11.3 Å². The average molecular weight is 886 g/mol. The maximum atomic E-state index is 5.68. The molecule has 68 heavy (non-hydrogen) atoms. The van der Waals surface area contributed by atoms with Gasteiger partial charge in [-0.25, -0.2) is 24.9 Å². The van der Waals surface area contributed by atoms with E-state index in [0.717, 1.165) is 76.1 Å². The van der Waals surface area contributed by atoms with Gasteiger partial charge < -0.3 is 0 Å². The summed E-state index contributed by atoms with van der Waals surface area (Å²) < 4.78 is 2.20. The van der Waals surface area contributed by atoms with Crippen LogP contribution in [0.3, 0.4) is 0 Å². The second-order valence-corrected chi connectivity index (χ2v) is 18.2. The average Bonchev–Trinajstić information content (AvgIpc) is 3.95. The number of benzene rings is 9. The fraction of sp³-hybridized carbons (Fsp3) is 0.0161. The predicted octanol–water partition coefficient (Wildman–Crippen LogP) is 15.4. The van der Waals surface area contributed by atoms with E-state index < -0.39 is 5.41 Å². The molecule has 0 amide bonds. The van der Waals surface area contributed by atoms with Crippen LogP contribution < -0.4 is 0 Å². The van der Waals surface area contributed by atoms with Crippen LogP contribution in [-0.2, 0) is 5.41 Å². The van der Waals surface area contributed by atoms with E-state index in [1.807, 2.05) is 36.4 Å². The van der Waals surface area contributed by atoms with Crippen LogP contribution in [0.25, 0.3) is 99.4 Å². The van der Waals surface area contributed by atoms with Gasteiger partial charge in [0.05, 0.1) is 21.3 Å². The molecule has 9 aromatic carbocycles. The van der Waals surface area contributed by atoms with E-state index in [9.17, 15) is 0 Å².